The van der Waals surface area contributed by atoms with Crippen LogP contribution in [-0.4, -0.2) is 29.1 Å². The molecule has 0 unspecified atom stereocenters. The maximum absolute atomic E-state index is 12.3. The second kappa shape index (κ2) is 7.89. The van der Waals surface area contributed by atoms with Gasteiger partial charge < -0.3 is 14.8 Å². The molecule has 25 heavy (non-hydrogen) atoms. The number of halogens is 1. The molecule has 2 aromatic carbocycles. The highest BCUT2D eigenvalue weighted by molar-refractivity contribution is 7.84. The minimum Gasteiger partial charge on any atom is -0.486 e. The highest BCUT2D eigenvalue weighted by Crippen LogP contribution is 2.38. The number of hydrogen-bond donors (Lipinski definition) is 1. The third-order valence-corrected chi connectivity index (χ3v) is 5.13. The van der Waals surface area contributed by atoms with Crippen LogP contribution in [-0.2, 0) is 21.3 Å². The molecule has 0 fully saturated rings. The molecule has 1 heterocycles. The summed E-state index contributed by atoms with van der Waals surface area (Å²) in [5.74, 6) is 0.915. The van der Waals surface area contributed by atoms with Crippen LogP contribution in [0.4, 0.5) is 5.69 Å². The van der Waals surface area contributed by atoms with Crippen molar-refractivity contribution in [2.45, 2.75) is 12.7 Å². The highest BCUT2D eigenvalue weighted by Gasteiger charge is 2.18. The minimum absolute atomic E-state index is 0.0834. The fourth-order valence-corrected chi connectivity index (χ4v) is 3.76. The Kier molecular flexibility index (Phi) is 5.60. The average molecular weight is 380 g/mol. The van der Waals surface area contributed by atoms with Gasteiger partial charge in [-0.3, -0.25) is 9.00 Å². The summed E-state index contributed by atoms with van der Waals surface area (Å²) in [4.78, 5) is 12.0. The molecule has 0 aromatic heterocycles. The number of nitrogens with one attached hydrogen (secondary N) is 1. The van der Waals surface area contributed by atoms with Crippen LogP contribution >= 0.6 is 11.6 Å². The molecule has 1 aliphatic rings. The number of hydrogen-bond acceptors (Lipinski definition) is 4. The lowest BCUT2D eigenvalue weighted by Crippen LogP contribution is -2.20. The lowest BCUT2D eigenvalue weighted by atomic mass is 10.2. The van der Waals surface area contributed by atoms with Crippen molar-refractivity contribution in [2.24, 2.45) is 0 Å². The smallest absolute Gasteiger partial charge is 0.237 e. The number of carbonyl (C=O) groups excluding carboxylic acids is 1. The number of fused-ring (bicyclic) bond motifs is 1. The Labute approximate surface area is 153 Å². The monoisotopic (exact) mass is 379 g/mol. The molecule has 132 valence electrons. The number of aryl methyl sites for hydroxylation is 1. The molecule has 0 bridgehead atoms. The Morgan fingerprint density at radius 3 is 2.68 bits per heavy atom. The standard InChI is InChI=1S/C18H18ClNO4S/c1-12-2-4-14(5-3-12)20-17(21)11-25(22)10-13-8-15(19)18-16(9-13)23-6-7-24-18/h2-5,8-9H,6-7,10-11H2,1H3,(H,20,21)/t25-/m0/s1. The molecule has 0 radical (unpaired) electrons. The number of rotatable bonds is 5. The fourth-order valence-electron chi connectivity index (χ4n) is 2.46. The molecular formula is C18H18ClNO4S. The second-order valence-electron chi connectivity index (χ2n) is 5.74. The Hall–Kier alpha value is -2.05. The third kappa shape index (κ3) is 4.74. The Bertz CT molecular complexity index is 807. The Morgan fingerprint density at radius 1 is 1.20 bits per heavy atom. The van der Waals surface area contributed by atoms with Crippen LogP contribution in [0.2, 0.25) is 5.02 Å². The van der Waals surface area contributed by atoms with E-state index in [1.807, 2.05) is 31.2 Å². The van der Waals surface area contributed by atoms with Gasteiger partial charge in [0.1, 0.15) is 19.0 Å². The van der Waals surface area contributed by atoms with Crippen LogP contribution in [0.5, 0.6) is 11.5 Å². The van der Waals surface area contributed by atoms with Gasteiger partial charge in [0.25, 0.3) is 0 Å². The quantitative estimate of drug-likeness (QED) is 0.865. The van der Waals surface area contributed by atoms with Gasteiger partial charge in [-0.25, -0.2) is 0 Å². The van der Waals surface area contributed by atoms with Gasteiger partial charge in [0.05, 0.1) is 5.02 Å². The number of carbonyl (C=O) groups is 1. The molecule has 1 amide bonds. The topological polar surface area (TPSA) is 64.6 Å². The summed E-state index contributed by atoms with van der Waals surface area (Å²) in [6, 6.07) is 10.9. The number of anilines is 1. The van der Waals surface area contributed by atoms with E-state index in [2.05, 4.69) is 5.32 Å². The van der Waals surface area contributed by atoms with E-state index in [0.29, 0.717) is 35.4 Å². The molecule has 2 aromatic rings. The van der Waals surface area contributed by atoms with Gasteiger partial charge in [-0.1, -0.05) is 29.3 Å². The predicted octanol–water partition coefficient (Wildman–Crippen LogP) is 3.31. The van der Waals surface area contributed by atoms with Crippen molar-refractivity contribution in [3.63, 3.8) is 0 Å². The zero-order chi connectivity index (χ0) is 17.8. The maximum Gasteiger partial charge on any atom is 0.237 e. The van der Waals surface area contributed by atoms with Crippen molar-refractivity contribution >= 4 is 34.0 Å². The molecule has 0 spiro atoms. The van der Waals surface area contributed by atoms with E-state index in [1.54, 1.807) is 12.1 Å². The lowest BCUT2D eigenvalue weighted by Gasteiger charge is -2.20. The van der Waals surface area contributed by atoms with Gasteiger partial charge in [0.2, 0.25) is 5.91 Å². The van der Waals surface area contributed by atoms with Crippen molar-refractivity contribution in [1.82, 2.24) is 0 Å². The third-order valence-electron chi connectivity index (χ3n) is 3.61. The Balaban J connectivity index is 1.59. The van der Waals surface area contributed by atoms with Crippen LogP contribution in [0, 0.1) is 6.92 Å². The molecule has 1 atom stereocenters. The number of benzene rings is 2. The lowest BCUT2D eigenvalue weighted by molar-refractivity contribution is -0.113. The van der Waals surface area contributed by atoms with E-state index in [9.17, 15) is 9.00 Å². The van der Waals surface area contributed by atoms with Crippen molar-refractivity contribution in [3.8, 4) is 11.5 Å². The average Bonchev–Trinajstić information content (AvgIpc) is 2.57. The predicted molar refractivity (Wildman–Crippen MR) is 99.0 cm³/mol. The van der Waals surface area contributed by atoms with Crippen molar-refractivity contribution in [3.05, 3.63) is 52.5 Å². The van der Waals surface area contributed by atoms with Gasteiger partial charge in [-0.15, -0.1) is 0 Å². The van der Waals surface area contributed by atoms with Crippen LogP contribution in [0.15, 0.2) is 36.4 Å². The van der Waals surface area contributed by atoms with Crippen LogP contribution in [0.1, 0.15) is 11.1 Å². The van der Waals surface area contributed by atoms with Gasteiger partial charge in [-0.05, 0) is 36.8 Å². The SMILES string of the molecule is Cc1ccc(NC(=O)C[S@@](=O)Cc2cc(Cl)c3c(c2)OCCO3)cc1. The highest BCUT2D eigenvalue weighted by atomic mass is 35.5. The van der Waals surface area contributed by atoms with Gasteiger partial charge >= 0.3 is 0 Å². The summed E-state index contributed by atoms with van der Waals surface area (Å²) in [5.41, 5.74) is 2.54. The van der Waals surface area contributed by atoms with Crippen molar-refractivity contribution in [2.75, 3.05) is 24.3 Å². The van der Waals surface area contributed by atoms with E-state index in [4.69, 9.17) is 21.1 Å². The summed E-state index contributed by atoms with van der Waals surface area (Å²) >= 11 is 6.17. The molecule has 1 N–H and O–H groups in total. The van der Waals surface area contributed by atoms with E-state index < -0.39 is 10.8 Å². The molecule has 0 saturated heterocycles. The van der Waals surface area contributed by atoms with E-state index in [1.165, 1.54) is 0 Å². The molecular weight excluding hydrogens is 362 g/mol. The first-order valence-corrected chi connectivity index (χ1v) is 9.67. The van der Waals surface area contributed by atoms with Gasteiger partial charge in [-0.2, -0.15) is 0 Å². The first-order chi connectivity index (χ1) is 12.0. The van der Waals surface area contributed by atoms with Crippen LogP contribution < -0.4 is 14.8 Å². The van der Waals surface area contributed by atoms with E-state index in [-0.39, 0.29) is 17.4 Å². The summed E-state index contributed by atoms with van der Waals surface area (Å²) in [7, 11) is -1.36. The van der Waals surface area contributed by atoms with E-state index >= 15 is 0 Å². The van der Waals surface area contributed by atoms with Crippen LogP contribution in [0.25, 0.3) is 0 Å². The molecule has 0 aliphatic carbocycles. The molecule has 3 rings (SSSR count). The van der Waals surface area contributed by atoms with Gasteiger partial charge in [0.15, 0.2) is 11.5 Å². The van der Waals surface area contributed by atoms with Crippen LogP contribution in [0.3, 0.4) is 0 Å². The zero-order valence-electron chi connectivity index (χ0n) is 13.7. The summed E-state index contributed by atoms with van der Waals surface area (Å²) in [5, 5.41) is 3.17. The molecule has 5 nitrogen and oxygen atoms in total. The van der Waals surface area contributed by atoms with Crippen molar-refractivity contribution < 1.29 is 18.5 Å². The minimum atomic E-state index is -1.36. The normalized spacial score (nSPS) is 14.0. The first-order valence-electron chi connectivity index (χ1n) is 7.81. The molecule has 1 aliphatic heterocycles. The summed E-state index contributed by atoms with van der Waals surface area (Å²) in [6.07, 6.45) is 0. The van der Waals surface area contributed by atoms with Gasteiger partial charge in [0, 0.05) is 22.2 Å². The maximum atomic E-state index is 12.3. The second-order valence-corrected chi connectivity index (χ2v) is 7.61. The number of ether oxygens (including phenoxy) is 2. The van der Waals surface area contributed by atoms with E-state index in [0.717, 1.165) is 11.1 Å². The zero-order valence-corrected chi connectivity index (χ0v) is 15.3. The molecule has 7 heteroatoms. The number of amides is 1. The van der Waals surface area contributed by atoms with Crippen molar-refractivity contribution in [1.29, 1.82) is 0 Å². The Morgan fingerprint density at radius 2 is 1.92 bits per heavy atom. The fraction of sp³-hybridized carbons (Fsp3) is 0.278. The first kappa shape index (κ1) is 17.8. The largest absolute Gasteiger partial charge is 0.486 e. The summed E-state index contributed by atoms with van der Waals surface area (Å²) < 4.78 is 23.2. The molecule has 0 saturated carbocycles. The summed E-state index contributed by atoms with van der Waals surface area (Å²) in [6.45, 7) is 2.88.